The van der Waals surface area contributed by atoms with E-state index in [0.717, 1.165) is 25.0 Å². The predicted octanol–water partition coefficient (Wildman–Crippen LogP) is 2.22. The summed E-state index contributed by atoms with van der Waals surface area (Å²) >= 11 is 0. The molecule has 2 N–H and O–H groups in total. The van der Waals surface area contributed by atoms with Crippen LogP contribution < -0.4 is 10.0 Å². The van der Waals surface area contributed by atoms with Gasteiger partial charge in [-0.25, -0.2) is 12.8 Å². The van der Waals surface area contributed by atoms with E-state index in [1.807, 2.05) is 0 Å². The molecule has 0 aliphatic carbocycles. The van der Waals surface area contributed by atoms with Gasteiger partial charge in [0.1, 0.15) is 5.82 Å². The van der Waals surface area contributed by atoms with Gasteiger partial charge in [0.25, 0.3) is 15.9 Å². The van der Waals surface area contributed by atoms with Crippen LogP contribution in [0.2, 0.25) is 0 Å². The lowest BCUT2D eigenvalue weighted by atomic mass is 9.96. The van der Waals surface area contributed by atoms with E-state index in [1.165, 1.54) is 24.3 Å². The molecule has 7 nitrogen and oxygen atoms in total. The van der Waals surface area contributed by atoms with Crippen LogP contribution in [0.25, 0.3) is 0 Å². The maximum absolute atomic E-state index is 13.0. The van der Waals surface area contributed by atoms with Crippen LogP contribution in [-0.2, 0) is 14.8 Å². The zero-order chi connectivity index (χ0) is 21.0. The highest BCUT2D eigenvalue weighted by Gasteiger charge is 2.28. The number of carbonyl (C=O) groups excluding carboxylic acids is 2. The molecule has 9 heteroatoms. The van der Waals surface area contributed by atoms with E-state index in [2.05, 4.69) is 10.0 Å². The molecule has 0 spiro atoms. The third-order valence-electron chi connectivity index (χ3n) is 4.81. The fourth-order valence-electron chi connectivity index (χ4n) is 3.31. The molecule has 0 bridgehead atoms. The first-order chi connectivity index (χ1) is 13.8. The molecule has 1 aliphatic rings. The Morgan fingerprint density at radius 1 is 1.14 bits per heavy atom. The number of rotatable bonds is 5. The second-order valence-corrected chi connectivity index (χ2v) is 8.53. The molecule has 3 rings (SSSR count). The summed E-state index contributed by atoms with van der Waals surface area (Å²) in [5.41, 5.74) is 0.543. The highest BCUT2D eigenvalue weighted by molar-refractivity contribution is 7.92. The Morgan fingerprint density at radius 2 is 1.86 bits per heavy atom. The molecule has 154 valence electrons. The van der Waals surface area contributed by atoms with Crippen molar-refractivity contribution in [2.45, 2.75) is 17.7 Å². The minimum atomic E-state index is -3.92. The Balaban J connectivity index is 1.76. The quantitative estimate of drug-likeness (QED) is 0.777. The van der Waals surface area contributed by atoms with Gasteiger partial charge in [-0.05, 0) is 55.3 Å². The largest absolute Gasteiger partial charge is 0.359 e. The van der Waals surface area contributed by atoms with E-state index in [1.54, 1.807) is 24.1 Å². The summed E-state index contributed by atoms with van der Waals surface area (Å²) in [5, 5.41) is 2.61. The van der Waals surface area contributed by atoms with Gasteiger partial charge in [-0.15, -0.1) is 0 Å². The molecule has 1 fully saturated rings. The number of likely N-dealkylation sites (tertiary alicyclic amines) is 1. The number of amides is 2. The molecule has 2 aromatic carbocycles. The molecule has 1 saturated heterocycles. The fraction of sp³-hybridized carbons (Fsp3) is 0.300. The zero-order valence-corrected chi connectivity index (χ0v) is 16.7. The maximum Gasteiger partial charge on any atom is 0.261 e. The third kappa shape index (κ3) is 4.92. The topological polar surface area (TPSA) is 95.6 Å². The lowest BCUT2D eigenvalue weighted by Gasteiger charge is -2.32. The van der Waals surface area contributed by atoms with Gasteiger partial charge in [-0.1, -0.05) is 6.07 Å². The van der Waals surface area contributed by atoms with Gasteiger partial charge in [0.05, 0.1) is 10.8 Å². The Hall–Kier alpha value is -2.94. The Kier molecular flexibility index (Phi) is 6.17. The van der Waals surface area contributed by atoms with Crippen molar-refractivity contribution in [1.82, 2.24) is 10.2 Å². The first-order valence-electron chi connectivity index (χ1n) is 9.19. The summed E-state index contributed by atoms with van der Waals surface area (Å²) in [7, 11) is -2.35. The molecule has 0 aromatic heterocycles. The molecule has 0 saturated carbocycles. The number of benzene rings is 2. The summed E-state index contributed by atoms with van der Waals surface area (Å²) in [6, 6.07) is 10.6. The normalized spacial score (nSPS) is 16.9. The highest BCUT2D eigenvalue weighted by Crippen LogP contribution is 2.22. The second kappa shape index (κ2) is 8.60. The van der Waals surface area contributed by atoms with Gasteiger partial charge in [0, 0.05) is 31.4 Å². The second-order valence-electron chi connectivity index (χ2n) is 6.84. The summed E-state index contributed by atoms with van der Waals surface area (Å²) < 4.78 is 40.4. The van der Waals surface area contributed by atoms with Crippen molar-refractivity contribution in [3.05, 3.63) is 59.9 Å². The van der Waals surface area contributed by atoms with Gasteiger partial charge in [-0.3, -0.25) is 14.3 Å². The first-order valence-corrected chi connectivity index (χ1v) is 10.7. The van der Waals surface area contributed by atoms with Crippen LogP contribution in [0.3, 0.4) is 0 Å². The Labute approximate surface area is 169 Å². The summed E-state index contributed by atoms with van der Waals surface area (Å²) in [5.74, 6) is -1.14. The number of hydrogen-bond donors (Lipinski definition) is 2. The molecule has 0 radical (unpaired) electrons. The van der Waals surface area contributed by atoms with Gasteiger partial charge in [-0.2, -0.15) is 0 Å². The van der Waals surface area contributed by atoms with Crippen LogP contribution in [-0.4, -0.2) is 45.3 Å². The van der Waals surface area contributed by atoms with Crippen molar-refractivity contribution in [3.63, 3.8) is 0 Å². The van der Waals surface area contributed by atoms with Crippen molar-refractivity contribution in [1.29, 1.82) is 0 Å². The van der Waals surface area contributed by atoms with E-state index in [-0.39, 0.29) is 28.3 Å². The number of carbonyl (C=O) groups is 2. The van der Waals surface area contributed by atoms with Gasteiger partial charge < -0.3 is 10.2 Å². The zero-order valence-electron chi connectivity index (χ0n) is 15.9. The molecule has 2 amide bonds. The average molecular weight is 419 g/mol. The van der Waals surface area contributed by atoms with Gasteiger partial charge in [0.2, 0.25) is 5.91 Å². The molecular formula is C20H22FN3O4S. The lowest BCUT2D eigenvalue weighted by Crippen LogP contribution is -2.44. The van der Waals surface area contributed by atoms with Gasteiger partial charge in [0.15, 0.2) is 0 Å². The third-order valence-corrected chi connectivity index (χ3v) is 6.21. The number of halogens is 1. The molecule has 1 heterocycles. The summed E-state index contributed by atoms with van der Waals surface area (Å²) in [4.78, 5) is 26.3. The SMILES string of the molecule is CNC(=O)C1CCCN(C(=O)c2cccc(NS(=O)(=O)c3ccc(F)cc3)c2)C1. The van der Waals surface area contributed by atoms with E-state index in [4.69, 9.17) is 0 Å². The van der Waals surface area contributed by atoms with Crippen LogP contribution in [0.4, 0.5) is 10.1 Å². The number of anilines is 1. The van der Waals surface area contributed by atoms with Crippen LogP contribution in [0, 0.1) is 11.7 Å². The maximum atomic E-state index is 13.0. The Bertz CT molecular complexity index is 1010. The van der Waals surface area contributed by atoms with Crippen molar-refractivity contribution >= 4 is 27.5 Å². The highest BCUT2D eigenvalue weighted by atomic mass is 32.2. The number of nitrogens with zero attached hydrogens (tertiary/aromatic N) is 1. The lowest BCUT2D eigenvalue weighted by molar-refractivity contribution is -0.125. The van der Waals surface area contributed by atoms with E-state index in [9.17, 15) is 22.4 Å². The predicted molar refractivity (Wildman–Crippen MR) is 106 cm³/mol. The Morgan fingerprint density at radius 3 is 2.55 bits per heavy atom. The van der Waals surface area contributed by atoms with Crippen LogP contribution in [0.15, 0.2) is 53.4 Å². The molecule has 1 unspecified atom stereocenters. The van der Waals surface area contributed by atoms with Crippen LogP contribution in [0.1, 0.15) is 23.2 Å². The van der Waals surface area contributed by atoms with Crippen LogP contribution >= 0.6 is 0 Å². The standard InChI is InChI=1S/C20H22FN3O4S/c1-22-19(25)15-5-3-11-24(13-15)20(26)14-4-2-6-17(12-14)23-29(27,28)18-9-7-16(21)8-10-18/h2,4,6-10,12,15,23H,3,5,11,13H2,1H3,(H,22,25). The van der Waals surface area contributed by atoms with Crippen molar-refractivity contribution in [2.75, 3.05) is 24.9 Å². The van der Waals surface area contributed by atoms with Crippen LogP contribution in [0.5, 0.6) is 0 Å². The molecular weight excluding hydrogens is 397 g/mol. The number of nitrogens with one attached hydrogen (secondary N) is 2. The minimum Gasteiger partial charge on any atom is -0.359 e. The van der Waals surface area contributed by atoms with E-state index in [0.29, 0.717) is 18.7 Å². The van der Waals surface area contributed by atoms with Crippen molar-refractivity contribution < 1.29 is 22.4 Å². The summed E-state index contributed by atoms with van der Waals surface area (Å²) in [6.45, 7) is 0.863. The molecule has 2 aromatic rings. The van der Waals surface area contributed by atoms with Crippen molar-refractivity contribution in [2.24, 2.45) is 5.92 Å². The first kappa shape index (κ1) is 20.8. The molecule has 29 heavy (non-hydrogen) atoms. The average Bonchev–Trinajstić information content (AvgIpc) is 2.73. The fourth-order valence-corrected chi connectivity index (χ4v) is 4.36. The monoisotopic (exact) mass is 419 g/mol. The molecule has 1 aliphatic heterocycles. The summed E-state index contributed by atoms with van der Waals surface area (Å²) in [6.07, 6.45) is 1.45. The smallest absolute Gasteiger partial charge is 0.261 e. The van der Waals surface area contributed by atoms with Gasteiger partial charge >= 0.3 is 0 Å². The minimum absolute atomic E-state index is 0.0833. The van der Waals surface area contributed by atoms with Crippen molar-refractivity contribution in [3.8, 4) is 0 Å². The molecule has 1 atom stereocenters. The number of piperidine rings is 1. The number of hydrogen-bond acceptors (Lipinski definition) is 4. The van der Waals surface area contributed by atoms with E-state index >= 15 is 0 Å². The van der Waals surface area contributed by atoms with E-state index < -0.39 is 15.8 Å². The number of sulfonamides is 1.